The number of nitro benzene ring substituents is 1. The minimum absolute atomic E-state index is 0.195. The summed E-state index contributed by atoms with van der Waals surface area (Å²) in [6, 6.07) is 3.27. The van der Waals surface area contributed by atoms with Gasteiger partial charge >= 0.3 is 5.69 Å². The fourth-order valence-corrected chi connectivity index (χ4v) is 1.35. The molecule has 88 valence electrons. The zero-order valence-corrected chi connectivity index (χ0v) is 9.49. The number of nitriles is 1. The van der Waals surface area contributed by atoms with Gasteiger partial charge in [0.05, 0.1) is 10.6 Å². The average Bonchev–Trinajstić information content (AvgIpc) is 2.28. The van der Waals surface area contributed by atoms with Crippen LogP contribution in [-0.2, 0) is 0 Å². The lowest BCUT2D eigenvalue weighted by Crippen LogP contribution is -2.12. The zero-order valence-electron chi connectivity index (χ0n) is 8.68. The topological polar surface area (TPSA) is 91.3 Å². The molecule has 0 saturated heterocycles. The van der Waals surface area contributed by atoms with Crippen LogP contribution in [0.25, 0.3) is 0 Å². The van der Waals surface area contributed by atoms with Gasteiger partial charge in [-0.3, -0.25) is 15.4 Å². The Morgan fingerprint density at radius 1 is 1.71 bits per heavy atom. The number of aliphatic imine (C=N–C) groups is 1. The predicted octanol–water partition coefficient (Wildman–Crippen LogP) is 2.16. The highest BCUT2D eigenvalue weighted by Crippen LogP contribution is 2.23. The molecule has 1 aromatic rings. The number of benzene rings is 1. The Morgan fingerprint density at radius 2 is 2.41 bits per heavy atom. The molecule has 0 radical (unpaired) electrons. The van der Waals surface area contributed by atoms with Crippen molar-refractivity contribution in [2.75, 3.05) is 6.26 Å². The van der Waals surface area contributed by atoms with Crippen LogP contribution in [0.5, 0.6) is 0 Å². The second-order valence-electron chi connectivity index (χ2n) is 2.75. The van der Waals surface area contributed by atoms with E-state index in [0.717, 1.165) is 12.1 Å². The number of nitrogens with one attached hydrogen (secondary N) is 1. The Kier molecular flexibility index (Phi) is 4.42. The Morgan fingerprint density at radius 3 is 2.88 bits per heavy atom. The van der Waals surface area contributed by atoms with Gasteiger partial charge in [0.15, 0.2) is 11.4 Å². The van der Waals surface area contributed by atoms with Gasteiger partial charge in [0, 0.05) is 12.1 Å². The lowest BCUT2D eigenvalue weighted by molar-refractivity contribution is -0.387. The van der Waals surface area contributed by atoms with Gasteiger partial charge in [0.1, 0.15) is 0 Å². The predicted molar refractivity (Wildman–Crippen MR) is 62.4 cm³/mol. The number of rotatable bonds is 2. The Bertz CT molecular complexity index is 512. The third-order valence-electron chi connectivity index (χ3n) is 1.71. The molecule has 0 aliphatic rings. The highest BCUT2D eigenvalue weighted by molar-refractivity contribution is 8.13. The molecule has 0 saturated carbocycles. The third-order valence-corrected chi connectivity index (χ3v) is 2.29. The molecule has 1 N–H and O–H groups in total. The van der Waals surface area contributed by atoms with Crippen molar-refractivity contribution in [1.82, 2.24) is 5.32 Å². The maximum Gasteiger partial charge on any atom is 0.304 e. The molecular formula is C9H7FN4O2S. The first-order chi connectivity index (χ1) is 8.08. The van der Waals surface area contributed by atoms with Crippen molar-refractivity contribution in [3.8, 4) is 6.19 Å². The van der Waals surface area contributed by atoms with Gasteiger partial charge in [-0.05, 0) is 12.3 Å². The van der Waals surface area contributed by atoms with Crippen molar-refractivity contribution < 1.29 is 9.31 Å². The number of nitro groups is 1. The van der Waals surface area contributed by atoms with E-state index in [1.165, 1.54) is 17.8 Å². The van der Waals surface area contributed by atoms with Gasteiger partial charge in [-0.25, -0.2) is 4.99 Å². The molecule has 1 aromatic carbocycles. The molecule has 0 amide bonds. The first-order valence-electron chi connectivity index (χ1n) is 4.30. The second-order valence-corrected chi connectivity index (χ2v) is 3.55. The Hall–Kier alpha value is -2.14. The van der Waals surface area contributed by atoms with Crippen LogP contribution in [0.2, 0.25) is 0 Å². The second kappa shape index (κ2) is 5.81. The number of thioether (sulfide) groups is 1. The molecule has 6 nitrogen and oxygen atoms in total. The molecule has 17 heavy (non-hydrogen) atoms. The standard InChI is InChI=1S/C9H7FN4O2S/c1-17-9(12-5-11)13-6-2-3-8(14(15)16)7(10)4-6/h2-4H,1H3,(H,12,13). The van der Waals surface area contributed by atoms with E-state index in [0.29, 0.717) is 0 Å². The van der Waals surface area contributed by atoms with Crippen molar-refractivity contribution in [2.45, 2.75) is 0 Å². The molecular weight excluding hydrogens is 247 g/mol. The van der Waals surface area contributed by atoms with E-state index < -0.39 is 16.4 Å². The van der Waals surface area contributed by atoms with Crippen LogP contribution in [0.1, 0.15) is 0 Å². The minimum Gasteiger partial charge on any atom is -0.271 e. The molecule has 8 heteroatoms. The van der Waals surface area contributed by atoms with E-state index in [1.54, 1.807) is 12.4 Å². The van der Waals surface area contributed by atoms with Crippen LogP contribution < -0.4 is 5.32 Å². The first-order valence-corrected chi connectivity index (χ1v) is 5.52. The fraction of sp³-hybridized carbons (Fsp3) is 0.111. The summed E-state index contributed by atoms with van der Waals surface area (Å²) in [5.74, 6) is -0.964. The maximum absolute atomic E-state index is 13.2. The minimum atomic E-state index is -0.964. The third kappa shape index (κ3) is 3.42. The lowest BCUT2D eigenvalue weighted by atomic mass is 10.3. The molecule has 0 atom stereocenters. The van der Waals surface area contributed by atoms with Crippen molar-refractivity contribution >= 4 is 28.3 Å². The number of nitrogens with zero attached hydrogens (tertiary/aromatic N) is 3. The van der Waals surface area contributed by atoms with Crippen LogP contribution in [0, 0.1) is 27.4 Å². The van der Waals surface area contributed by atoms with Crippen molar-refractivity contribution in [3.63, 3.8) is 0 Å². The quantitative estimate of drug-likeness (QED) is 0.218. The van der Waals surface area contributed by atoms with Crippen LogP contribution in [-0.4, -0.2) is 16.3 Å². The van der Waals surface area contributed by atoms with Gasteiger partial charge in [0.25, 0.3) is 0 Å². The molecule has 0 aromatic heterocycles. The Labute approximate surface area is 100 Å². The zero-order chi connectivity index (χ0) is 12.8. The van der Waals surface area contributed by atoms with E-state index in [-0.39, 0.29) is 10.9 Å². The van der Waals surface area contributed by atoms with Gasteiger partial charge in [0.2, 0.25) is 5.82 Å². The van der Waals surface area contributed by atoms with Crippen molar-refractivity contribution in [1.29, 1.82) is 5.26 Å². The molecule has 0 aliphatic heterocycles. The van der Waals surface area contributed by atoms with E-state index in [2.05, 4.69) is 10.3 Å². The SMILES string of the molecule is CSC(=Nc1ccc([N+](=O)[O-])c(F)c1)NC#N. The van der Waals surface area contributed by atoms with Crippen molar-refractivity contribution in [3.05, 3.63) is 34.1 Å². The molecule has 0 heterocycles. The number of hydrogen-bond donors (Lipinski definition) is 1. The van der Waals surface area contributed by atoms with Gasteiger partial charge < -0.3 is 0 Å². The molecule has 1 rings (SSSR count). The van der Waals surface area contributed by atoms with E-state index in [9.17, 15) is 14.5 Å². The van der Waals surface area contributed by atoms with Gasteiger partial charge in [-0.2, -0.15) is 9.65 Å². The normalized spacial score (nSPS) is 10.8. The molecule has 0 aliphatic carbocycles. The highest BCUT2D eigenvalue weighted by atomic mass is 32.2. The summed E-state index contributed by atoms with van der Waals surface area (Å²) in [6.07, 6.45) is 3.37. The van der Waals surface area contributed by atoms with Crippen molar-refractivity contribution in [2.24, 2.45) is 4.99 Å². The summed E-state index contributed by atoms with van der Waals surface area (Å²) in [6.45, 7) is 0. The van der Waals surface area contributed by atoms with E-state index in [1.807, 2.05) is 0 Å². The summed E-state index contributed by atoms with van der Waals surface area (Å²) < 4.78 is 13.2. The number of hydrogen-bond acceptors (Lipinski definition) is 5. The average molecular weight is 254 g/mol. The van der Waals surface area contributed by atoms with Gasteiger partial charge in [-0.1, -0.05) is 11.8 Å². The summed E-state index contributed by atoms with van der Waals surface area (Å²) in [5.41, 5.74) is -0.414. The summed E-state index contributed by atoms with van der Waals surface area (Å²) in [7, 11) is 0. The molecule has 0 spiro atoms. The molecule has 0 fully saturated rings. The summed E-state index contributed by atoms with van der Waals surface area (Å²) >= 11 is 1.17. The van der Waals surface area contributed by atoms with Crippen LogP contribution >= 0.6 is 11.8 Å². The fourth-order valence-electron chi connectivity index (χ4n) is 1.00. The lowest BCUT2D eigenvalue weighted by Gasteiger charge is -2.00. The largest absolute Gasteiger partial charge is 0.304 e. The molecule has 0 unspecified atom stereocenters. The van der Waals surface area contributed by atoms with Gasteiger partial charge in [-0.15, -0.1) is 0 Å². The van der Waals surface area contributed by atoms with E-state index in [4.69, 9.17) is 5.26 Å². The number of halogens is 1. The van der Waals surface area contributed by atoms with Crippen LogP contribution in [0.4, 0.5) is 15.8 Å². The van der Waals surface area contributed by atoms with E-state index >= 15 is 0 Å². The maximum atomic E-state index is 13.2. The highest BCUT2D eigenvalue weighted by Gasteiger charge is 2.13. The monoisotopic (exact) mass is 254 g/mol. The first kappa shape index (κ1) is 12.9. The number of amidine groups is 1. The molecule has 0 bridgehead atoms. The van der Waals surface area contributed by atoms with Crippen LogP contribution in [0.15, 0.2) is 23.2 Å². The Balaban J connectivity index is 3.06. The van der Waals surface area contributed by atoms with Crippen LogP contribution in [0.3, 0.4) is 0 Å². The smallest absolute Gasteiger partial charge is 0.271 e. The summed E-state index contributed by atoms with van der Waals surface area (Å²) in [4.78, 5) is 13.5. The summed E-state index contributed by atoms with van der Waals surface area (Å²) in [5, 5.41) is 21.4.